The quantitative estimate of drug-likeness (QED) is 0.893. The molecule has 1 heterocycles. The number of benzene rings is 1. The van der Waals surface area contributed by atoms with Crippen LogP contribution in [-0.2, 0) is 12.1 Å². The lowest BCUT2D eigenvalue weighted by Crippen LogP contribution is -2.24. The van der Waals surface area contributed by atoms with Crippen molar-refractivity contribution in [3.05, 3.63) is 29.6 Å². The van der Waals surface area contributed by atoms with Crippen LogP contribution in [0.1, 0.15) is 38.6 Å². The van der Waals surface area contributed by atoms with Crippen molar-refractivity contribution in [2.45, 2.75) is 39.3 Å². The smallest absolute Gasteiger partial charge is 0.295 e. The zero-order chi connectivity index (χ0) is 13.5. The van der Waals surface area contributed by atoms with Crippen LogP contribution >= 0.6 is 0 Å². The SMILES string of the molecule is CC(C)(C)n1c(C(F)F)nc2cc(CN)ccc21. The normalized spacial score (nSPS) is 12.6. The summed E-state index contributed by atoms with van der Waals surface area (Å²) in [7, 11) is 0. The summed E-state index contributed by atoms with van der Waals surface area (Å²) in [6, 6.07) is 5.42. The van der Waals surface area contributed by atoms with E-state index in [9.17, 15) is 8.78 Å². The van der Waals surface area contributed by atoms with E-state index in [1.165, 1.54) is 0 Å². The molecular formula is C13H17F2N3. The third-order valence-corrected chi connectivity index (χ3v) is 2.85. The van der Waals surface area contributed by atoms with Gasteiger partial charge in [-0.3, -0.25) is 0 Å². The summed E-state index contributed by atoms with van der Waals surface area (Å²) >= 11 is 0. The van der Waals surface area contributed by atoms with E-state index in [1.54, 1.807) is 10.6 Å². The molecule has 3 nitrogen and oxygen atoms in total. The first-order valence-corrected chi connectivity index (χ1v) is 5.84. The zero-order valence-corrected chi connectivity index (χ0v) is 10.7. The Bertz CT molecular complexity index is 567. The van der Waals surface area contributed by atoms with Crippen molar-refractivity contribution < 1.29 is 8.78 Å². The second-order valence-corrected chi connectivity index (χ2v) is 5.30. The maximum absolute atomic E-state index is 13.1. The van der Waals surface area contributed by atoms with Gasteiger partial charge in [0.05, 0.1) is 11.0 Å². The molecule has 0 saturated carbocycles. The number of imidazole rings is 1. The first kappa shape index (κ1) is 13.0. The molecule has 0 amide bonds. The van der Waals surface area contributed by atoms with E-state index >= 15 is 0 Å². The van der Waals surface area contributed by atoms with Crippen LogP contribution in [0.4, 0.5) is 8.78 Å². The van der Waals surface area contributed by atoms with Crippen LogP contribution in [0.25, 0.3) is 11.0 Å². The molecule has 1 aromatic heterocycles. The van der Waals surface area contributed by atoms with Crippen molar-refractivity contribution in [1.82, 2.24) is 9.55 Å². The zero-order valence-electron chi connectivity index (χ0n) is 10.7. The Hall–Kier alpha value is -1.49. The molecule has 0 fully saturated rings. The van der Waals surface area contributed by atoms with Gasteiger partial charge in [0.1, 0.15) is 0 Å². The molecule has 0 aliphatic rings. The molecule has 0 aliphatic heterocycles. The summed E-state index contributed by atoms with van der Waals surface area (Å²) in [5, 5.41) is 0. The summed E-state index contributed by atoms with van der Waals surface area (Å²) in [6.45, 7) is 6.03. The maximum atomic E-state index is 13.1. The van der Waals surface area contributed by atoms with Gasteiger partial charge in [0.25, 0.3) is 6.43 Å². The average Bonchev–Trinajstić information content (AvgIpc) is 2.66. The minimum absolute atomic E-state index is 0.188. The Kier molecular flexibility index (Phi) is 3.11. The van der Waals surface area contributed by atoms with Crippen LogP contribution in [0.5, 0.6) is 0 Å². The van der Waals surface area contributed by atoms with E-state index in [0.717, 1.165) is 11.1 Å². The molecule has 0 radical (unpaired) electrons. The first-order valence-electron chi connectivity index (χ1n) is 5.84. The van der Waals surface area contributed by atoms with Crippen LogP contribution in [0.2, 0.25) is 0 Å². The highest BCUT2D eigenvalue weighted by molar-refractivity contribution is 5.77. The van der Waals surface area contributed by atoms with Gasteiger partial charge in [-0.25, -0.2) is 13.8 Å². The number of hydrogen-bond acceptors (Lipinski definition) is 2. The van der Waals surface area contributed by atoms with Gasteiger partial charge in [-0.2, -0.15) is 0 Å². The van der Waals surface area contributed by atoms with Crippen molar-refractivity contribution >= 4 is 11.0 Å². The Balaban J connectivity index is 2.76. The molecule has 18 heavy (non-hydrogen) atoms. The first-order chi connectivity index (χ1) is 8.34. The third kappa shape index (κ3) is 2.10. The van der Waals surface area contributed by atoms with Crippen LogP contribution in [0.15, 0.2) is 18.2 Å². The highest BCUT2D eigenvalue weighted by Crippen LogP contribution is 2.30. The van der Waals surface area contributed by atoms with Crippen LogP contribution in [-0.4, -0.2) is 9.55 Å². The van der Waals surface area contributed by atoms with Crippen LogP contribution in [0, 0.1) is 0 Å². The van der Waals surface area contributed by atoms with E-state index in [1.807, 2.05) is 32.9 Å². The molecule has 0 spiro atoms. The molecule has 1 aromatic carbocycles. The van der Waals surface area contributed by atoms with Crippen molar-refractivity contribution in [3.63, 3.8) is 0 Å². The third-order valence-electron chi connectivity index (χ3n) is 2.85. The largest absolute Gasteiger partial charge is 0.326 e. The molecule has 0 saturated heterocycles. The van der Waals surface area contributed by atoms with E-state index in [4.69, 9.17) is 5.73 Å². The Morgan fingerprint density at radius 3 is 2.50 bits per heavy atom. The van der Waals surface area contributed by atoms with Crippen molar-refractivity contribution in [2.75, 3.05) is 0 Å². The molecule has 0 bridgehead atoms. The maximum Gasteiger partial charge on any atom is 0.295 e. The highest BCUT2D eigenvalue weighted by atomic mass is 19.3. The number of fused-ring (bicyclic) bond motifs is 1. The number of nitrogens with zero attached hydrogens (tertiary/aromatic N) is 2. The van der Waals surface area contributed by atoms with E-state index in [0.29, 0.717) is 12.1 Å². The van der Waals surface area contributed by atoms with E-state index in [-0.39, 0.29) is 5.82 Å². The van der Waals surface area contributed by atoms with Gasteiger partial charge in [0, 0.05) is 12.1 Å². The molecule has 0 unspecified atom stereocenters. The molecule has 5 heteroatoms. The van der Waals surface area contributed by atoms with E-state index in [2.05, 4.69) is 4.98 Å². The number of aromatic nitrogens is 2. The molecule has 2 rings (SSSR count). The van der Waals surface area contributed by atoms with Crippen LogP contribution < -0.4 is 5.73 Å². The summed E-state index contributed by atoms with van der Waals surface area (Å²) in [5.41, 5.74) is 7.29. The summed E-state index contributed by atoms with van der Waals surface area (Å²) < 4.78 is 27.7. The van der Waals surface area contributed by atoms with Gasteiger partial charge >= 0.3 is 0 Å². The fourth-order valence-corrected chi connectivity index (χ4v) is 2.12. The average molecular weight is 253 g/mol. The lowest BCUT2D eigenvalue weighted by Gasteiger charge is -2.24. The van der Waals surface area contributed by atoms with E-state index < -0.39 is 12.0 Å². The van der Waals surface area contributed by atoms with Gasteiger partial charge < -0.3 is 10.3 Å². The van der Waals surface area contributed by atoms with Gasteiger partial charge in [0.2, 0.25) is 0 Å². The monoisotopic (exact) mass is 253 g/mol. The summed E-state index contributed by atoms with van der Waals surface area (Å²) in [4.78, 5) is 4.04. The molecule has 0 atom stereocenters. The lowest BCUT2D eigenvalue weighted by molar-refractivity contribution is 0.129. The van der Waals surface area contributed by atoms with Gasteiger partial charge in [-0.15, -0.1) is 0 Å². The molecule has 2 N–H and O–H groups in total. The second kappa shape index (κ2) is 4.31. The Morgan fingerprint density at radius 2 is 2.00 bits per heavy atom. The number of hydrogen-bond donors (Lipinski definition) is 1. The number of halogens is 2. The fourth-order valence-electron chi connectivity index (χ4n) is 2.12. The standard InChI is InChI=1S/C13H17F2N3/c1-13(2,3)18-10-5-4-8(7-16)6-9(10)17-12(18)11(14)15/h4-6,11H,7,16H2,1-3H3. The fraction of sp³-hybridized carbons (Fsp3) is 0.462. The Labute approximate surface area is 105 Å². The minimum Gasteiger partial charge on any atom is -0.326 e. The molecule has 0 aliphatic carbocycles. The molecule has 98 valence electrons. The number of nitrogens with two attached hydrogens (primary N) is 1. The predicted octanol–water partition coefficient (Wildman–Crippen LogP) is 3.19. The molecule has 2 aromatic rings. The highest BCUT2D eigenvalue weighted by Gasteiger charge is 2.26. The van der Waals surface area contributed by atoms with Crippen molar-refractivity contribution in [3.8, 4) is 0 Å². The summed E-state index contributed by atoms with van der Waals surface area (Å²) in [6.07, 6.45) is -2.59. The van der Waals surface area contributed by atoms with Crippen molar-refractivity contribution in [1.29, 1.82) is 0 Å². The predicted molar refractivity (Wildman–Crippen MR) is 67.6 cm³/mol. The van der Waals surface area contributed by atoms with Crippen molar-refractivity contribution in [2.24, 2.45) is 5.73 Å². The van der Waals surface area contributed by atoms with Gasteiger partial charge in [-0.1, -0.05) is 6.07 Å². The van der Waals surface area contributed by atoms with Gasteiger partial charge in [0.15, 0.2) is 5.82 Å². The van der Waals surface area contributed by atoms with Gasteiger partial charge in [-0.05, 0) is 38.5 Å². The Morgan fingerprint density at radius 1 is 1.33 bits per heavy atom. The topological polar surface area (TPSA) is 43.8 Å². The number of rotatable bonds is 2. The molecular weight excluding hydrogens is 236 g/mol. The second-order valence-electron chi connectivity index (χ2n) is 5.30. The number of alkyl halides is 2. The van der Waals surface area contributed by atoms with Crippen LogP contribution in [0.3, 0.4) is 0 Å². The minimum atomic E-state index is -2.59. The summed E-state index contributed by atoms with van der Waals surface area (Å²) in [5.74, 6) is -0.188. The lowest BCUT2D eigenvalue weighted by atomic mass is 10.1.